The number of nitrogens with zero attached hydrogens (tertiary/aromatic N) is 2. The van der Waals surface area contributed by atoms with Gasteiger partial charge in [0.25, 0.3) is 0 Å². The molecule has 1 aliphatic rings. The summed E-state index contributed by atoms with van der Waals surface area (Å²) in [5.74, 6) is 0. The normalized spacial score (nSPS) is 20.0. The zero-order valence-electron chi connectivity index (χ0n) is 8.63. The molecule has 0 aromatic rings. The zero-order chi connectivity index (χ0) is 9.52. The Labute approximate surface area is 81.5 Å². The molecule has 0 saturated carbocycles. The Morgan fingerprint density at radius 1 is 1.31 bits per heavy atom. The second kappa shape index (κ2) is 5.99. The molecule has 1 rings (SSSR count). The Morgan fingerprint density at radius 2 is 2.00 bits per heavy atom. The van der Waals surface area contributed by atoms with Crippen LogP contribution in [0.25, 0.3) is 0 Å². The number of rotatable bonds is 5. The Bertz CT molecular complexity index is 165. The van der Waals surface area contributed by atoms with Crippen LogP contribution in [0.5, 0.6) is 0 Å². The molecule has 0 amide bonds. The second-order valence-corrected chi connectivity index (χ2v) is 3.88. The zero-order valence-corrected chi connectivity index (χ0v) is 8.63. The third kappa shape index (κ3) is 3.36. The number of unbranched alkanes of at least 4 members (excludes halogenated alkanes) is 2. The first-order chi connectivity index (χ1) is 6.38. The van der Waals surface area contributed by atoms with Crippen molar-refractivity contribution in [2.75, 3.05) is 13.1 Å². The number of likely N-dealkylation sites (tertiary alicyclic amines) is 1. The summed E-state index contributed by atoms with van der Waals surface area (Å²) in [5.41, 5.74) is 0. The molecule has 1 fully saturated rings. The Hall–Kier alpha value is -0.550. The lowest BCUT2D eigenvalue weighted by atomic mass is 10.1. The standard InChI is InChI=1S/C11H20N2/c1-2-3-4-7-11(10-12)13-8-5-6-9-13/h11H,2-9H2,1H3. The van der Waals surface area contributed by atoms with Gasteiger partial charge in [-0.25, -0.2) is 0 Å². The molecule has 2 heteroatoms. The fraction of sp³-hybridized carbons (Fsp3) is 0.909. The van der Waals surface area contributed by atoms with Crippen LogP contribution >= 0.6 is 0 Å². The quantitative estimate of drug-likeness (QED) is 0.608. The maximum absolute atomic E-state index is 8.99. The molecule has 0 radical (unpaired) electrons. The van der Waals surface area contributed by atoms with Crippen molar-refractivity contribution in [1.82, 2.24) is 4.90 Å². The average molecular weight is 180 g/mol. The van der Waals surface area contributed by atoms with E-state index in [1.54, 1.807) is 0 Å². The Balaban J connectivity index is 2.22. The van der Waals surface area contributed by atoms with Gasteiger partial charge in [-0.3, -0.25) is 4.90 Å². The van der Waals surface area contributed by atoms with E-state index >= 15 is 0 Å². The van der Waals surface area contributed by atoms with Crippen LogP contribution in [0.1, 0.15) is 45.4 Å². The van der Waals surface area contributed by atoms with Crippen LogP contribution in [-0.4, -0.2) is 24.0 Å². The third-order valence-electron chi connectivity index (χ3n) is 2.81. The third-order valence-corrected chi connectivity index (χ3v) is 2.81. The minimum atomic E-state index is 0.203. The van der Waals surface area contributed by atoms with Crippen LogP contribution in [0.15, 0.2) is 0 Å². The molecule has 1 aliphatic heterocycles. The van der Waals surface area contributed by atoms with Gasteiger partial charge in [-0.15, -0.1) is 0 Å². The summed E-state index contributed by atoms with van der Waals surface area (Å²) in [6.45, 7) is 4.49. The van der Waals surface area contributed by atoms with Crippen molar-refractivity contribution < 1.29 is 0 Å². The predicted octanol–water partition coefficient (Wildman–Crippen LogP) is 2.55. The first-order valence-electron chi connectivity index (χ1n) is 5.52. The van der Waals surface area contributed by atoms with Gasteiger partial charge in [0, 0.05) is 0 Å². The largest absolute Gasteiger partial charge is 0.288 e. The highest BCUT2D eigenvalue weighted by Crippen LogP contribution is 2.15. The highest BCUT2D eigenvalue weighted by atomic mass is 15.2. The van der Waals surface area contributed by atoms with Crippen molar-refractivity contribution in [3.8, 4) is 6.07 Å². The van der Waals surface area contributed by atoms with Gasteiger partial charge in [-0.1, -0.05) is 26.2 Å². The highest BCUT2D eigenvalue weighted by molar-refractivity contribution is 4.93. The molecular formula is C11H20N2. The maximum Gasteiger partial charge on any atom is 0.0977 e. The van der Waals surface area contributed by atoms with Gasteiger partial charge >= 0.3 is 0 Å². The summed E-state index contributed by atoms with van der Waals surface area (Å²) in [4.78, 5) is 2.34. The summed E-state index contributed by atoms with van der Waals surface area (Å²) < 4.78 is 0. The van der Waals surface area contributed by atoms with Crippen molar-refractivity contribution in [3.63, 3.8) is 0 Å². The van der Waals surface area contributed by atoms with Gasteiger partial charge in [-0.2, -0.15) is 5.26 Å². The lowest BCUT2D eigenvalue weighted by Crippen LogP contribution is -2.31. The van der Waals surface area contributed by atoms with E-state index < -0.39 is 0 Å². The minimum Gasteiger partial charge on any atom is -0.288 e. The molecule has 1 unspecified atom stereocenters. The van der Waals surface area contributed by atoms with Crippen LogP contribution < -0.4 is 0 Å². The van der Waals surface area contributed by atoms with Crippen LogP contribution in [0, 0.1) is 11.3 Å². The lowest BCUT2D eigenvalue weighted by Gasteiger charge is -2.20. The SMILES string of the molecule is CCCCCC(C#N)N1CCCC1. The van der Waals surface area contributed by atoms with Gasteiger partial charge < -0.3 is 0 Å². The van der Waals surface area contributed by atoms with E-state index in [4.69, 9.17) is 5.26 Å². The molecule has 0 aromatic heterocycles. The van der Waals surface area contributed by atoms with Crippen molar-refractivity contribution in [1.29, 1.82) is 5.26 Å². The fourth-order valence-corrected chi connectivity index (χ4v) is 1.97. The first-order valence-corrected chi connectivity index (χ1v) is 5.52. The lowest BCUT2D eigenvalue weighted by molar-refractivity contribution is 0.273. The number of hydrogen-bond acceptors (Lipinski definition) is 2. The Kier molecular flexibility index (Phi) is 4.85. The van der Waals surface area contributed by atoms with Crippen LogP contribution in [-0.2, 0) is 0 Å². The van der Waals surface area contributed by atoms with Crippen molar-refractivity contribution >= 4 is 0 Å². The molecule has 2 nitrogen and oxygen atoms in total. The molecule has 0 N–H and O–H groups in total. The smallest absolute Gasteiger partial charge is 0.0977 e. The number of nitriles is 1. The topological polar surface area (TPSA) is 27.0 Å². The molecule has 0 spiro atoms. The van der Waals surface area contributed by atoms with Crippen molar-refractivity contribution in [2.24, 2.45) is 0 Å². The second-order valence-electron chi connectivity index (χ2n) is 3.88. The van der Waals surface area contributed by atoms with E-state index in [0.717, 1.165) is 19.5 Å². The van der Waals surface area contributed by atoms with Gasteiger partial charge in [0.15, 0.2) is 0 Å². The summed E-state index contributed by atoms with van der Waals surface area (Å²) in [6.07, 6.45) is 7.37. The first kappa shape index (κ1) is 10.5. The van der Waals surface area contributed by atoms with Gasteiger partial charge in [0.05, 0.1) is 12.1 Å². The van der Waals surface area contributed by atoms with Crippen LogP contribution in [0.3, 0.4) is 0 Å². The monoisotopic (exact) mass is 180 g/mol. The van der Waals surface area contributed by atoms with E-state index in [1.807, 2.05) is 0 Å². The van der Waals surface area contributed by atoms with Gasteiger partial charge in [0.2, 0.25) is 0 Å². The molecule has 13 heavy (non-hydrogen) atoms. The van der Waals surface area contributed by atoms with E-state index in [0.29, 0.717) is 0 Å². The van der Waals surface area contributed by atoms with Gasteiger partial charge in [-0.05, 0) is 32.4 Å². The Morgan fingerprint density at radius 3 is 2.54 bits per heavy atom. The molecule has 0 bridgehead atoms. The van der Waals surface area contributed by atoms with E-state index in [-0.39, 0.29) is 6.04 Å². The van der Waals surface area contributed by atoms with Crippen LogP contribution in [0.2, 0.25) is 0 Å². The molecule has 0 aromatic carbocycles. The van der Waals surface area contributed by atoms with Gasteiger partial charge in [0.1, 0.15) is 0 Å². The highest BCUT2D eigenvalue weighted by Gasteiger charge is 2.20. The molecular weight excluding hydrogens is 160 g/mol. The van der Waals surface area contributed by atoms with E-state index in [1.165, 1.54) is 32.1 Å². The summed E-state index contributed by atoms with van der Waals surface area (Å²) in [7, 11) is 0. The summed E-state index contributed by atoms with van der Waals surface area (Å²) >= 11 is 0. The van der Waals surface area contributed by atoms with E-state index in [9.17, 15) is 0 Å². The molecule has 0 aliphatic carbocycles. The summed E-state index contributed by atoms with van der Waals surface area (Å²) in [5, 5.41) is 8.99. The van der Waals surface area contributed by atoms with Crippen LogP contribution in [0.4, 0.5) is 0 Å². The molecule has 1 heterocycles. The van der Waals surface area contributed by atoms with E-state index in [2.05, 4.69) is 17.9 Å². The maximum atomic E-state index is 8.99. The molecule has 1 atom stereocenters. The minimum absolute atomic E-state index is 0.203. The molecule has 74 valence electrons. The predicted molar refractivity (Wildman–Crippen MR) is 54.4 cm³/mol. The number of hydrogen-bond donors (Lipinski definition) is 0. The average Bonchev–Trinajstić information content (AvgIpc) is 2.65. The fourth-order valence-electron chi connectivity index (χ4n) is 1.97. The summed E-state index contributed by atoms with van der Waals surface area (Å²) in [6, 6.07) is 2.63. The van der Waals surface area contributed by atoms with Crippen molar-refractivity contribution in [3.05, 3.63) is 0 Å². The molecule has 1 saturated heterocycles. The van der Waals surface area contributed by atoms with Crippen molar-refractivity contribution in [2.45, 2.75) is 51.5 Å².